The highest BCUT2D eigenvalue weighted by Gasteiger charge is 2.31. The van der Waals surface area contributed by atoms with Gasteiger partial charge < -0.3 is 25.5 Å². The van der Waals surface area contributed by atoms with Gasteiger partial charge in [0.2, 0.25) is 0 Å². The highest BCUT2D eigenvalue weighted by molar-refractivity contribution is 6.01. The number of rotatable bonds is 11. The Morgan fingerprint density at radius 1 is 1.26 bits per heavy atom. The van der Waals surface area contributed by atoms with Crippen molar-refractivity contribution >= 4 is 23.3 Å². The number of carboxylic acid groups (broad SMARTS) is 1. The van der Waals surface area contributed by atoms with Gasteiger partial charge in [-0.05, 0) is 81.0 Å². The van der Waals surface area contributed by atoms with E-state index in [9.17, 15) is 19.5 Å². The molecule has 0 radical (unpaired) electrons. The number of nitrogens with one attached hydrogen (secondary N) is 2. The van der Waals surface area contributed by atoms with E-state index in [1.807, 2.05) is 6.92 Å². The molecule has 0 bridgehead atoms. The van der Waals surface area contributed by atoms with E-state index in [0.717, 1.165) is 54.7 Å². The number of halogens is 1. The minimum atomic E-state index is -1.33. The number of fused-ring (bicyclic) bond motifs is 1. The molecule has 1 aliphatic heterocycles. The summed E-state index contributed by atoms with van der Waals surface area (Å²) in [5.41, 5.74) is 0.946. The first-order valence-electron chi connectivity index (χ1n) is 14.0. The minimum Gasteiger partial charge on any atom is -0.477 e. The molecule has 2 aromatic rings. The largest absolute Gasteiger partial charge is 0.477 e. The average molecular weight is 543 g/mol. The Hall–Kier alpha value is -3.27. The fourth-order valence-electron chi connectivity index (χ4n) is 5.43. The Morgan fingerprint density at radius 3 is 2.56 bits per heavy atom. The zero-order valence-corrected chi connectivity index (χ0v) is 23.0. The summed E-state index contributed by atoms with van der Waals surface area (Å²) in [6, 6.07) is 1.69. The van der Waals surface area contributed by atoms with Crippen LogP contribution in [0.4, 0.5) is 9.18 Å². The van der Waals surface area contributed by atoms with Gasteiger partial charge >= 0.3 is 12.1 Å². The van der Waals surface area contributed by atoms with E-state index >= 15 is 4.39 Å². The van der Waals surface area contributed by atoms with Gasteiger partial charge in [0.1, 0.15) is 11.4 Å². The third-order valence-corrected chi connectivity index (χ3v) is 7.81. The quantitative estimate of drug-likeness (QED) is 0.279. The second kappa shape index (κ2) is 12.3. The Balaban J connectivity index is 1.40. The van der Waals surface area contributed by atoms with E-state index in [-0.39, 0.29) is 40.8 Å². The Morgan fingerprint density at radius 2 is 1.95 bits per heavy atom. The van der Waals surface area contributed by atoms with Crippen LogP contribution in [0.1, 0.15) is 91.8 Å². The number of piperidine rings is 1. The van der Waals surface area contributed by atoms with E-state index in [1.165, 1.54) is 6.07 Å². The fourth-order valence-corrected chi connectivity index (χ4v) is 5.43. The van der Waals surface area contributed by atoms with Crippen molar-refractivity contribution in [3.63, 3.8) is 0 Å². The smallest absolute Gasteiger partial charge is 0.409 e. The Labute approximate surface area is 227 Å². The molecule has 3 N–H and O–H groups in total. The van der Waals surface area contributed by atoms with E-state index in [2.05, 4.69) is 12.2 Å². The molecular formula is C29H39FN4O5. The average Bonchev–Trinajstić information content (AvgIpc) is 3.74. The minimum absolute atomic E-state index is 0.0593. The lowest BCUT2D eigenvalue weighted by Crippen LogP contribution is -2.46. The molecule has 1 saturated heterocycles. The number of unbranched alkanes of at least 4 members (excludes halogenated alkanes) is 1. The van der Waals surface area contributed by atoms with Crippen LogP contribution in [0.25, 0.3) is 5.52 Å². The van der Waals surface area contributed by atoms with Crippen molar-refractivity contribution in [2.75, 3.05) is 26.2 Å². The number of pyridine rings is 2. The van der Waals surface area contributed by atoms with Crippen LogP contribution in [0.15, 0.2) is 17.1 Å². The normalized spacial score (nSPS) is 16.9. The summed E-state index contributed by atoms with van der Waals surface area (Å²) >= 11 is 0. The Bertz CT molecular complexity index is 1310. The molecule has 1 amide bonds. The fraction of sp³-hybridized carbons (Fsp3) is 0.586. The first-order chi connectivity index (χ1) is 18.6. The third kappa shape index (κ3) is 6.49. The molecule has 0 spiro atoms. The van der Waals surface area contributed by atoms with Gasteiger partial charge in [-0.15, -0.1) is 0 Å². The lowest BCUT2D eigenvalue weighted by Gasteiger charge is -2.32. The molecule has 2 aliphatic rings. The van der Waals surface area contributed by atoms with Gasteiger partial charge in [-0.2, -0.15) is 0 Å². The van der Waals surface area contributed by atoms with Crippen LogP contribution in [0.3, 0.4) is 0 Å². The Kier molecular flexibility index (Phi) is 9.04. The molecule has 3 heterocycles. The summed E-state index contributed by atoms with van der Waals surface area (Å²) < 4.78 is 21.7. The molecule has 0 aromatic carbocycles. The zero-order chi connectivity index (χ0) is 28.3. The van der Waals surface area contributed by atoms with E-state index in [4.69, 9.17) is 10.1 Å². The maximum absolute atomic E-state index is 15.3. The number of aromatic nitrogens is 1. The first kappa shape index (κ1) is 28.7. The second-order valence-electron chi connectivity index (χ2n) is 11.0. The van der Waals surface area contributed by atoms with E-state index in [0.29, 0.717) is 43.7 Å². The number of carbonyl (C=O) groups is 2. The van der Waals surface area contributed by atoms with Crippen LogP contribution in [0.5, 0.6) is 0 Å². The number of aryl methyl sites for hydroxylation is 1. The number of likely N-dealkylation sites (tertiary alicyclic amines) is 1. The molecular weight excluding hydrogens is 503 g/mol. The molecule has 2 aromatic heterocycles. The van der Waals surface area contributed by atoms with Gasteiger partial charge in [0.05, 0.1) is 12.1 Å². The highest BCUT2D eigenvalue weighted by atomic mass is 19.1. The topological polar surface area (TPSA) is 124 Å². The first-order valence-corrected chi connectivity index (χ1v) is 14.0. The molecule has 1 aliphatic carbocycles. The predicted octanol–water partition coefficient (Wildman–Crippen LogP) is 4.71. The molecule has 1 atom stereocenters. The van der Waals surface area contributed by atoms with Crippen LogP contribution in [-0.4, -0.2) is 64.5 Å². The maximum Gasteiger partial charge on any atom is 0.409 e. The van der Waals surface area contributed by atoms with Crippen LogP contribution in [0.2, 0.25) is 0 Å². The van der Waals surface area contributed by atoms with Crippen molar-refractivity contribution in [1.29, 1.82) is 5.41 Å². The zero-order valence-electron chi connectivity index (χ0n) is 23.0. The molecule has 4 rings (SSSR count). The summed E-state index contributed by atoms with van der Waals surface area (Å²) in [7, 11) is 0. The summed E-state index contributed by atoms with van der Waals surface area (Å²) in [4.78, 5) is 38.3. The molecule has 1 saturated carbocycles. The number of ether oxygens (including phenoxy) is 1. The lowest BCUT2D eigenvalue weighted by molar-refractivity contribution is 0.0694. The van der Waals surface area contributed by atoms with Gasteiger partial charge in [0.25, 0.3) is 5.56 Å². The lowest BCUT2D eigenvalue weighted by atomic mass is 9.93. The summed E-state index contributed by atoms with van der Waals surface area (Å²) in [6.45, 7) is 8.15. The van der Waals surface area contributed by atoms with Crippen molar-refractivity contribution in [2.45, 2.75) is 77.7 Å². The van der Waals surface area contributed by atoms with Crippen molar-refractivity contribution in [1.82, 2.24) is 14.6 Å². The molecule has 9 nitrogen and oxygen atoms in total. The summed E-state index contributed by atoms with van der Waals surface area (Å²) in [5, 5.41) is 21.8. The van der Waals surface area contributed by atoms with Crippen LogP contribution in [0, 0.1) is 24.1 Å². The molecule has 10 heteroatoms. The number of aromatic carboxylic acids is 1. The second-order valence-corrected chi connectivity index (χ2v) is 11.0. The molecule has 1 unspecified atom stereocenters. The van der Waals surface area contributed by atoms with Gasteiger partial charge in [-0.3, -0.25) is 9.20 Å². The molecule has 212 valence electrons. The van der Waals surface area contributed by atoms with E-state index < -0.39 is 17.3 Å². The number of carbonyl (C=O) groups excluding carboxylic acids is 1. The van der Waals surface area contributed by atoms with Crippen molar-refractivity contribution in [3.05, 3.63) is 50.7 Å². The number of nitrogens with zero attached hydrogens (tertiary/aromatic N) is 2. The van der Waals surface area contributed by atoms with E-state index in [1.54, 1.807) is 11.8 Å². The van der Waals surface area contributed by atoms with Crippen molar-refractivity contribution in [3.8, 4) is 0 Å². The van der Waals surface area contributed by atoms with Crippen LogP contribution in [-0.2, 0) is 4.74 Å². The standard InChI is InChI=1S/C29H39FN4O5/c1-4-5-12-39-29(38)33-10-8-20(9-11-33)32-15-17(2)13-24(31)25-18(3)26-21(19-6-7-19)14-22(28(36)37)27(35)34(26)16-23(25)30/h14,16-17,19-20,31-32H,4-13,15H2,1-3H3,(H,36,37). The number of amides is 1. The highest BCUT2D eigenvalue weighted by Crippen LogP contribution is 2.43. The SMILES string of the molecule is CCCCOC(=O)N1CCC(NCC(C)CC(=N)c2c(F)cn3c(=O)c(C(=O)O)cc(C4CC4)c3c2C)CC1. The van der Waals surface area contributed by atoms with Crippen molar-refractivity contribution in [2.24, 2.45) is 5.92 Å². The van der Waals surface area contributed by atoms with Gasteiger partial charge in [-0.1, -0.05) is 20.3 Å². The maximum atomic E-state index is 15.3. The third-order valence-electron chi connectivity index (χ3n) is 7.81. The number of hydrogen-bond acceptors (Lipinski definition) is 6. The van der Waals surface area contributed by atoms with Crippen molar-refractivity contribution < 1.29 is 23.8 Å². The van der Waals surface area contributed by atoms with Gasteiger partial charge in [0, 0.05) is 36.6 Å². The molecule has 39 heavy (non-hydrogen) atoms. The van der Waals surface area contributed by atoms with Crippen LogP contribution < -0.4 is 10.9 Å². The van der Waals surface area contributed by atoms with Gasteiger partial charge in [-0.25, -0.2) is 14.0 Å². The number of carboxylic acids is 1. The van der Waals surface area contributed by atoms with Gasteiger partial charge in [0.15, 0.2) is 0 Å². The monoisotopic (exact) mass is 542 g/mol. The predicted molar refractivity (Wildman–Crippen MR) is 147 cm³/mol. The summed E-state index contributed by atoms with van der Waals surface area (Å²) in [6.07, 6.45) is 6.41. The molecule has 2 fully saturated rings. The van der Waals surface area contributed by atoms with Crippen LogP contribution >= 0.6 is 0 Å². The summed E-state index contributed by atoms with van der Waals surface area (Å²) in [5.74, 6) is -1.83. The number of hydrogen-bond donors (Lipinski definition) is 3.